The maximum absolute atomic E-state index is 13.6. The minimum atomic E-state index is -4.14. The fourth-order valence-corrected chi connectivity index (χ4v) is 5.69. The molecule has 0 saturated carbocycles. The van der Waals surface area contributed by atoms with Gasteiger partial charge < -0.3 is 15.0 Å². The van der Waals surface area contributed by atoms with Crippen LogP contribution in [0.25, 0.3) is 0 Å². The Kier molecular flexibility index (Phi) is 9.24. The third-order valence-electron chi connectivity index (χ3n) is 6.07. The van der Waals surface area contributed by atoms with Gasteiger partial charge in [-0.15, -0.1) is 6.58 Å². The number of aryl methyl sites for hydroxylation is 1. The van der Waals surface area contributed by atoms with Crippen molar-refractivity contribution in [3.63, 3.8) is 0 Å². The highest BCUT2D eigenvalue weighted by molar-refractivity contribution is 7.89. The van der Waals surface area contributed by atoms with Gasteiger partial charge in [0.15, 0.2) is 0 Å². The zero-order valence-electron chi connectivity index (χ0n) is 20.9. The van der Waals surface area contributed by atoms with Crippen LogP contribution in [0.3, 0.4) is 0 Å². The molecule has 2 aromatic carbocycles. The highest BCUT2D eigenvalue weighted by Crippen LogP contribution is 2.27. The van der Waals surface area contributed by atoms with Gasteiger partial charge in [0.2, 0.25) is 10.0 Å². The SMILES string of the molecule is C=CCONC(=O)C1C(C)N(C(=O)NC)CCN1S(=O)(=O)c1ccc(OCc2cc(F)ccc2C)cc1. The summed E-state index contributed by atoms with van der Waals surface area (Å²) in [6, 6.07) is 7.70. The molecule has 1 aliphatic rings. The molecule has 2 unspecified atom stereocenters. The number of piperazine rings is 1. The topological polar surface area (TPSA) is 117 Å². The Morgan fingerprint density at radius 1 is 1.19 bits per heavy atom. The van der Waals surface area contributed by atoms with E-state index in [1.165, 1.54) is 54.4 Å². The van der Waals surface area contributed by atoms with Crippen molar-refractivity contribution < 1.29 is 32.0 Å². The van der Waals surface area contributed by atoms with Crippen LogP contribution in [0.15, 0.2) is 60.0 Å². The highest BCUT2D eigenvalue weighted by atomic mass is 32.2. The first-order valence-electron chi connectivity index (χ1n) is 11.6. The molecule has 200 valence electrons. The third-order valence-corrected chi connectivity index (χ3v) is 7.97. The van der Waals surface area contributed by atoms with Gasteiger partial charge >= 0.3 is 6.03 Å². The summed E-state index contributed by atoms with van der Waals surface area (Å²) in [4.78, 5) is 31.7. The molecular weight excluding hydrogens is 503 g/mol. The van der Waals surface area contributed by atoms with Gasteiger partial charge in [0.1, 0.15) is 24.2 Å². The molecule has 1 saturated heterocycles. The molecule has 10 nitrogen and oxygen atoms in total. The van der Waals surface area contributed by atoms with Crippen LogP contribution in [0.1, 0.15) is 18.1 Å². The number of urea groups is 1. The second kappa shape index (κ2) is 12.2. The number of ether oxygens (including phenoxy) is 1. The van der Waals surface area contributed by atoms with Crippen molar-refractivity contribution in [2.45, 2.75) is 37.4 Å². The average Bonchev–Trinajstić information content (AvgIpc) is 2.88. The van der Waals surface area contributed by atoms with E-state index < -0.39 is 34.0 Å². The lowest BCUT2D eigenvalue weighted by Gasteiger charge is -2.44. The van der Waals surface area contributed by atoms with Gasteiger partial charge in [-0.25, -0.2) is 23.1 Å². The molecule has 3 rings (SSSR count). The first-order chi connectivity index (χ1) is 17.6. The van der Waals surface area contributed by atoms with Crippen molar-refractivity contribution in [1.82, 2.24) is 20.0 Å². The van der Waals surface area contributed by atoms with Crippen molar-refractivity contribution in [2.24, 2.45) is 0 Å². The molecule has 2 aromatic rings. The molecule has 1 heterocycles. The van der Waals surface area contributed by atoms with Gasteiger partial charge in [-0.1, -0.05) is 12.1 Å². The summed E-state index contributed by atoms with van der Waals surface area (Å²) in [5.74, 6) is -0.686. The predicted molar refractivity (Wildman–Crippen MR) is 135 cm³/mol. The minimum Gasteiger partial charge on any atom is -0.489 e. The zero-order valence-corrected chi connectivity index (χ0v) is 21.8. The first kappa shape index (κ1) is 28.1. The number of hydrogen-bond acceptors (Lipinski definition) is 6. The summed E-state index contributed by atoms with van der Waals surface area (Å²) in [7, 11) is -2.68. The maximum Gasteiger partial charge on any atom is 0.317 e. The third kappa shape index (κ3) is 6.45. The molecule has 0 radical (unpaired) electrons. The number of carbonyl (C=O) groups excluding carboxylic acids is 2. The van der Waals surface area contributed by atoms with E-state index in [9.17, 15) is 22.4 Å². The molecule has 2 N–H and O–H groups in total. The molecule has 3 amide bonds. The van der Waals surface area contributed by atoms with E-state index in [0.29, 0.717) is 11.3 Å². The fourth-order valence-electron chi connectivity index (χ4n) is 4.04. The lowest BCUT2D eigenvalue weighted by molar-refractivity contribution is -0.139. The summed E-state index contributed by atoms with van der Waals surface area (Å²) in [6.07, 6.45) is 1.43. The summed E-state index contributed by atoms with van der Waals surface area (Å²) in [6.45, 7) is 7.06. The minimum absolute atomic E-state index is 0.0232. The van der Waals surface area contributed by atoms with Gasteiger partial charge in [0.25, 0.3) is 5.91 Å². The Morgan fingerprint density at radius 2 is 1.89 bits per heavy atom. The number of benzene rings is 2. The maximum atomic E-state index is 13.6. The van der Waals surface area contributed by atoms with E-state index in [1.54, 1.807) is 13.0 Å². The number of amides is 3. The Morgan fingerprint density at radius 3 is 2.54 bits per heavy atom. The average molecular weight is 535 g/mol. The smallest absolute Gasteiger partial charge is 0.317 e. The summed E-state index contributed by atoms with van der Waals surface area (Å²) in [5.41, 5.74) is 3.78. The molecule has 0 aromatic heterocycles. The van der Waals surface area contributed by atoms with E-state index in [0.717, 1.165) is 9.87 Å². The lowest BCUT2D eigenvalue weighted by atomic mass is 10.1. The van der Waals surface area contributed by atoms with Crippen molar-refractivity contribution in [3.8, 4) is 5.75 Å². The number of halogens is 1. The van der Waals surface area contributed by atoms with Crippen LogP contribution < -0.4 is 15.5 Å². The van der Waals surface area contributed by atoms with Crippen molar-refractivity contribution in [1.29, 1.82) is 0 Å². The van der Waals surface area contributed by atoms with Gasteiger partial charge in [-0.05, 0) is 61.4 Å². The molecule has 37 heavy (non-hydrogen) atoms. The van der Waals surface area contributed by atoms with Gasteiger partial charge in [-0.3, -0.25) is 9.63 Å². The Labute approximate surface area is 216 Å². The first-order valence-corrected chi connectivity index (χ1v) is 13.0. The second-order valence-electron chi connectivity index (χ2n) is 8.45. The van der Waals surface area contributed by atoms with Crippen molar-refractivity contribution >= 4 is 22.0 Å². The van der Waals surface area contributed by atoms with Gasteiger partial charge in [0.05, 0.1) is 17.5 Å². The van der Waals surface area contributed by atoms with Crippen LogP contribution in [0, 0.1) is 12.7 Å². The van der Waals surface area contributed by atoms with Crippen LogP contribution in [0.5, 0.6) is 5.75 Å². The Balaban J connectivity index is 1.81. The molecule has 0 spiro atoms. The highest BCUT2D eigenvalue weighted by Gasteiger charge is 2.46. The predicted octanol–water partition coefficient (Wildman–Crippen LogP) is 2.35. The lowest BCUT2D eigenvalue weighted by Crippen LogP contribution is -2.66. The number of rotatable bonds is 9. The van der Waals surface area contributed by atoms with E-state index in [4.69, 9.17) is 9.57 Å². The number of carbonyl (C=O) groups is 2. The van der Waals surface area contributed by atoms with Gasteiger partial charge in [0, 0.05) is 20.1 Å². The van der Waals surface area contributed by atoms with Gasteiger partial charge in [-0.2, -0.15) is 4.31 Å². The number of hydroxylamine groups is 1. The molecule has 0 bridgehead atoms. The largest absolute Gasteiger partial charge is 0.489 e. The van der Waals surface area contributed by atoms with Crippen LogP contribution in [0.2, 0.25) is 0 Å². The quantitative estimate of drug-likeness (QED) is 0.290. The van der Waals surface area contributed by atoms with E-state index in [1.807, 2.05) is 6.92 Å². The fraction of sp³-hybridized carbons (Fsp3) is 0.360. The molecule has 0 aliphatic carbocycles. The monoisotopic (exact) mass is 534 g/mol. The molecule has 1 aliphatic heterocycles. The Hall–Kier alpha value is -3.48. The van der Waals surface area contributed by atoms with Crippen molar-refractivity contribution in [2.75, 3.05) is 26.7 Å². The van der Waals surface area contributed by atoms with E-state index in [2.05, 4.69) is 17.4 Å². The number of nitrogens with one attached hydrogen (secondary N) is 2. The Bertz CT molecular complexity index is 1240. The normalized spacial score (nSPS) is 18.2. The zero-order chi connectivity index (χ0) is 27.2. The number of sulfonamides is 1. The summed E-state index contributed by atoms with van der Waals surface area (Å²) < 4.78 is 47.5. The summed E-state index contributed by atoms with van der Waals surface area (Å²) in [5, 5.41) is 2.51. The molecular formula is C25H31FN4O6S. The van der Waals surface area contributed by atoms with Crippen LogP contribution in [-0.4, -0.2) is 68.4 Å². The molecule has 2 atom stereocenters. The summed E-state index contributed by atoms with van der Waals surface area (Å²) >= 11 is 0. The van der Waals surface area contributed by atoms with Crippen LogP contribution in [0.4, 0.5) is 9.18 Å². The second-order valence-corrected chi connectivity index (χ2v) is 10.3. The molecule has 12 heteroatoms. The standard InChI is InChI=1S/C25H31FN4O6S/c1-5-14-36-28-24(31)23-18(3)29(25(32)27-4)12-13-30(23)37(33,34)22-10-8-21(9-11-22)35-16-19-15-20(26)7-6-17(19)2/h5-11,15,18,23H,1,12-14,16H2,2-4H3,(H,27,32)(H,28,31). The molecule has 1 fully saturated rings. The van der Waals surface area contributed by atoms with E-state index >= 15 is 0 Å². The number of nitrogens with zero attached hydrogens (tertiary/aromatic N) is 2. The van der Waals surface area contributed by atoms with Crippen LogP contribution >= 0.6 is 0 Å². The van der Waals surface area contributed by atoms with E-state index in [-0.39, 0.29) is 37.0 Å². The van der Waals surface area contributed by atoms with Crippen LogP contribution in [-0.2, 0) is 26.3 Å². The van der Waals surface area contributed by atoms with Crippen molar-refractivity contribution in [3.05, 3.63) is 72.1 Å². The number of hydrogen-bond donors (Lipinski definition) is 2.